The number of anilines is 3. The molecule has 0 heterocycles. The normalized spacial score (nSPS) is 14.9. The molecule has 0 fully saturated rings. The first-order valence-corrected chi connectivity index (χ1v) is 19.8. The zero-order valence-electron chi connectivity index (χ0n) is 33.0. The maximum atomic E-state index is 4.30. The second kappa shape index (κ2) is 13.7. The van der Waals surface area contributed by atoms with E-state index in [4.69, 9.17) is 0 Å². The molecule has 0 atom stereocenters. The van der Waals surface area contributed by atoms with Gasteiger partial charge in [0.2, 0.25) is 0 Å². The third-order valence-electron chi connectivity index (χ3n) is 12.3. The van der Waals surface area contributed by atoms with E-state index in [1.807, 2.05) is 0 Å². The van der Waals surface area contributed by atoms with E-state index in [1.54, 1.807) is 0 Å². The smallest absolute Gasteiger partial charge is 0.0540 e. The Bertz CT molecular complexity index is 2690. The topological polar surface area (TPSA) is 3.24 Å². The van der Waals surface area contributed by atoms with Crippen LogP contribution in [0.4, 0.5) is 17.1 Å². The van der Waals surface area contributed by atoms with Crippen molar-refractivity contribution in [3.05, 3.63) is 222 Å². The molecule has 0 spiro atoms. The van der Waals surface area contributed by atoms with Gasteiger partial charge in [-0.15, -0.1) is 0 Å². The molecule has 7 aromatic rings. The maximum absolute atomic E-state index is 4.30. The van der Waals surface area contributed by atoms with E-state index in [0.717, 1.165) is 17.1 Å². The van der Waals surface area contributed by atoms with Crippen molar-refractivity contribution in [1.82, 2.24) is 0 Å². The predicted molar refractivity (Wildman–Crippen MR) is 240 cm³/mol. The summed E-state index contributed by atoms with van der Waals surface area (Å²) in [6.45, 7) is 15.8. The van der Waals surface area contributed by atoms with Gasteiger partial charge in [-0.3, -0.25) is 0 Å². The maximum Gasteiger partial charge on any atom is 0.0540 e. The number of hydrogen-bond acceptors (Lipinski definition) is 1. The highest BCUT2D eigenvalue weighted by atomic mass is 15.1. The van der Waals surface area contributed by atoms with Crippen LogP contribution in [0.3, 0.4) is 0 Å². The summed E-state index contributed by atoms with van der Waals surface area (Å²) < 4.78 is 0. The summed E-state index contributed by atoms with van der Waals surface area (Å²) in [5.41, 5.74) is 20.8. The van der Waals surface area contributed by atoms with Crippen molar-refractivity contribution in [3.63, 3.8) is 0 Å². The van der Waals surface area contributed by atoms with Crippen LogP contribution in [0.15, 0.2) is 194 Å². The lowest BCUT2D eigenvalue weighted by molar-refractivity contribution is 0.654. The second-order valence-corrected chi connectivity index (χ2v) is 16.1. The molecule has 272 valence electrons. The minimum absolute atomic E-state index is 0.125. The average Bonchev–Trinajstić information content (AvgIpc) is 3.61. The van der Waals surface area contributed by atoms with E-state index in [-0.39, 0.29) is 10.8 Å². The number of hydrogen-bond donors (Lipinski definition) is 0. The summed E-state index contributed by atoms with van der Waals surface area (Å²) in [4.78, 5) is 2.46. The van der Waals surface area contributed by atoms with Crippen molar-refractivity contribution in [2.24, 2.45) is 0 Å². The first kappa shape index (κ1) is 35.3. The highest BCUT2D eigenvalue weighted by Gasteiger charge is 2.38. The van der Waals surface area contributed by atoms with Crippen molar-refractivity contribution in [3.8, 4) is 33.4 Å². The SMILES string of the molecule is C=CC1=C(/C(=C\C)c2ccc(N(c3ccc4c(c3)C(C)(C)c3ccccc3-4)c3ccc(-c4ccccc4)cc3-c3ccccc3)cc2)c2ccccc2C1(C)C. The average molecular weight is 722 g/mol. The van der Waals surface area contributed by atoms with Crippen LogP contribution in [0, 0.1) is 0 Å². The number of benzene rings is 7. The van der Waals surface area contributed by atoms with Gasteiger partial charge in [-0.25, -0.2) is 0 Å². The molecule has 2 aliphatic rings. The van der Waals surface area contributed by atoms with Gasteiger partial charge in [0, 0.05) is 27.8 Å². The minimum atomic E-state index is -0.126. The molecule has 56 heavy (non-hydrogen) atoms. The zero-order chi connectivity index (χ0) is 38.6. The van der Waals surface area contributed by atoms with Crippen LogP contribution in [0.1, 0.15) is 62.4 Å². The molecule has 0 radical (unpaired) electrons. The Hall–Kier alpha value is -6.44. The van der Waals surface area contributed by atoms with Crippen LogP contribution in [-0.2, 0) is 10.8 Å². The molecular weight excluding hydrogens is 675 g/mol. The number of fused-ring (bicyclic) bond motifs is 4. The van der Waals surface area contributed by atoms with E-state index in [2.05, 4.69) is 228 Å². The van der Waals surface area contributed by atoms with Gasteiger partial charge in [0.25, 0.3) is 0 Å². The highest BCUT2D eigenvalue weighted by molar-refractivity contribution is 6.10. The summed E-state index contributed by atoms with van der Waals surface area (Å²) in [7, 11) is 0. The number of rotatable bonds is 8. The molecule has 0 saturated heterocycles. The molecule has 0 amide bonds. The Labute approximate surface area is 332 Å². The van der Waals surface area contributed by atoms with Crippen LogP contribution in [0.25, 0.3) is 44.5 Å². The standard InChI is InChI=1S/C55H47N/c1-7-43(53-46-24-16-18-26-50(46)54(3,4)48(53)8-2)39-27-30-41(31-28-39)56(42-32-33-45-44-23-15-17-25-49(44)55(5,6)51(45)36-42)52-34-29-40(37-19-11-9-12-20-37)35-47(52)38-21-13-10-14-22-38/h7-36H,2H2,1,3-6H3/b43-7-. The van der Waals surface area contributed by atoms with Crippen molar-refractivity contribution in [2.75, 3.05) is 4.90 Å². The molecule has 0 saturated carbocycles. The summed E-state index contributed by atoms with van der Waals surface area (Å²) >= 11 is 0. The van der Waals surface area contributed by atoms with Gasteiger partial charge in [-0.05, 0) is 116 Å². The largest absolute Gasteiger partial charge is 0.310 e. The van der Waals surface area contributed by atoms with Gasteiger partial charge in [0.15, 0.2) is 0 Å². The van der Waals surface area contributed by atoms with Crippen LogP contribution in [0.2, 0.25) is 0 Å². The van der Waals surface area contributed by atoms with E-state index in [1.165, 1.54) is 77.9 Å². The van der Waals surface area contributed by atoms with Crippen molar-refractivity contribution in [1.29, 1.82) is 0 Å². The summed E-state index contributed by atoms with van der Waals surface area (Å²) in [5, 5.41) is 0. The Morgan fingerprint density at radius 1 is 0.482 bits per heavy atom. The quantitative estimate of drug-likeness (QED) is 0.151. The Kier molecular flexibility index (Phi) is 8.63. The van der Waals surface area contributed by atoms with E-state index >= 15 is 0 Å². The molecule has 0 unspecified atom stereocenters. The lowest BCUT2D eigenvalue weighted by Crippen LogP contribution is -2.17. The van der Waals surface area contributed by atoms with Gasteiger partial charge in [0.05, 0.1) is 5.69 Å². The third-order valence-corrected chi connectivity index (χ3v) is 12.3. The van der Waals surface area contributed by atoms with Crippen molar-refractivity contribution >= 4 is 28.2 Å². The molecule has 7 aromatic carbocycles. The fraction of sp³-hybridized carbons (Fsp3) is 0.127. The molecule has 0 N–H and O–H groups in total. The van der Waals surface area contributed by atoms with E-state index in [9.17, 15) is 0 Å². The molecule has 9 rings (SSSR count). The molecule has 0 bridgehead atoms. The lowest BCUT2D eigenvalue weighted by Gasteiger charge is -2.30. The van der Waals surface area contributed by atoms with Gasteiger partial charge < -0.3 is 4.90 Å². The van der Waals surface area contributed by atoms with Gasteiger partial charge in [-0.1, -0.05) is 180 Å². The third kappa shape index (κ3) is 5.61. The fourth-order valence-electron chi connectivity index (χ4n) is 9.39. The van der Waals surface area contributed by atoms with E-state index in [0.29, 0.717) is 0 Å². The molecule has 0 aromatic heterocycles. The highest BCUT2D eigenvalue weighted by Crippen LogP contribution is 2.53. The Morgan fingerprint density at radius 3 is 1.71 bits per heavy atom. The predicted octanol–water partition coefficient (Wildman–Crippen LogP) is 15.1. The minimum Gasteiger partial charge on any atom is -0.310 e. The Morgan fingerprint density at radius 2 is 1.05 bits per heavy atom. The summed E-state index contributed by atoms with van der Waals surface area (Å²) in [6.07, 6.45) is 4.33. The fourth-order valence-corrected chi connectivity index (χ4v) is 9.39. The van der Waals surface area contributed by atoms with Gasteiger partial charge in [0.1, 0.15) is 0 Å². The first-order chi connectivity index (χ1) is 27.2. The monoisotopic (exact) mass is 721 g/mol. The first-order valence-electron chi connectivity index (χ1n) is 19.8. The molecular formula is C55H47N. The molecule has 1 heteroatoms. The van der Waals surface area contributed by atoms with Gasteiger partial charge in [-0.2, -0.15) is 0 Å². The van der Waals surface area contributed by atoms with Crippen LogP contribution in [-0.4, -0.2) is 0 Å². The summed E-state index contributed by atoms with van der Waals surface area (Å²) in [5.74, 6) is 0. The second-order valence-electron chi connectivity index (χ2n) is 16.1. The zero-order valence-corrected chi connectivity index (χ0v) is 33.0. The van der Waals surface area contributed by atoms with Crippen molar-refractivity contribution in [2.45, 2.75) is 45.4 Å². The van der Waals surface area contributed by atoms with Gasteiger partial charge >= 0.3 is 0 Å². The van der Waals surface area contributed by atoms with Crippen molar-refractivity contribution < 1.29 is 0 Å². The summed E-state index contributed by atoms with van der Waals surface area (Å²) in [6, 6.07) is 62.4. The van der Waals surface area contributed by atoms with Crippen LogP contribution in [0.5, 0.6) is 0 Å². The Balaban J connectivity index is 1.23. The molecule has 1 nitrogen and oxygen atoms in total. The van der Waals surface area contributed by atoms with E-state index < -0.39 is 0 Å². The molecule has 2 aliphatic carbocycles. The number of allylic oxidation sites excluding steroid dienone is 5. The lowest BCUT2D eigenvalue weighted by atomic mass is 9.81. The number of nitrogens with zero attached hydrogens (tertiary/aromatic N) is 1. The van der Waals surface area contributed by atoms with Crippen LogP contribution < -0.4 is 4.90 Å². The van der Waals surface area contributed by atoms with Crippen LogP contribution >= 0.6 is 0 Å². The molecule has 0 aliphatic heterocycles.